The topological polar surface area (TPSA) is 28.5 Å². The van der Waals surface area contributed by atoms with Gasteiger partial charge in [0.05, 0.1) is 11.9 Å². The highest BCUT2D eigenvalue weighted by atomic mass is 15.1. The number of hydrogen-bond donors (Lipinski definition) is 0. The zero-order valence-electron chi connectivity index (χ0n) is 10.0. The van der Waals surface area contributed by atoms with Gasteiger partial charge in [0.25, 0.3) is 0 Å². The smallest absolute Gasteiger partial charge is 0.0813 e. The molecule has 0 unspecified atom stereocenters. The summed E-state index contributed by atoms with van der Waals surface area (Å²) in [5.41, 5.74) is 3.13. The van der Waals surface area contributed by atoms with Gasteiger partial charge in [0.2, 0.25) is 0 Å². The molecule has 2 aromatic rings. The lowest BCUT2D eigenvalue weighted by Crippen LogP contribution is -2.08. The normalized spacial score (nSPS) is 10.7. The zero-order chi connectivity index (χ0) is 12.1. The summed E-state index contributed by atoms with van der Waals surface area (Å²) in [4.78, 5) is 10.4. The largest absolute Gasteiger partial charge is 0.378 e. The van der Waals surface area contributed by atoms with Crippen molar-refractivity contribution in [3.05, 3.63) is 54.4 Å². The molecule has 3 heteroatoms. The highest BCUT2D eigenvalue weighted by Gasteiger charge is 1.94. The molecule has 0 aliphatic carbocycles. The first-order valence-corrected chi connectivity index (χ1v) is 5.47. The second-order valence-corrected chi connectivity index (χ2v) is 3.96. The lowest BCUT2D eigenvalue weighted by molar-refractivity contribution is 1.13. The molecule has 0 fully saturated rings. The number of hydrogen-bond acceptors (Lipinski definition) is 3. The Morgan fingerprint density at radius 3 is 2.47 bits per heavy atom. The number of benzene rings is 1. The number of anilines is 1. The van der Waals surface area contributed by atoms with Crippen molar-refractivity contribution >= 4 is 17.6 Å². The van der Waals surface area contributed by atoms with E-state index in [1.807, 2.05) is 32.4 Å². The molecule has 0 saturated carbocycles. The summed E-state index contributed by atoms with van der Waals surface area (Å²) in [6, 6.07) is 12.1. The number of aromatic nitrogens is 1. The van der Waals surface area contributed by atoms with Gasteiger partial charge in [0.1, 0.15) is 0 Å². The van der Waals surface area contributed by atoms with E-state index >= 15 is 0 Å². The fourth-order valence-corrected chi connectivity index (χ4v) is 1.44. The number of aliphatic imine (C=N–C) groups is 1. The van der Waals surface area contributed by atoms with Crippen molar-refractivity contribution in [2.75, 3.05) is 19.0 Å². The predicted octanol–water partition coefficient (Wildman–Crippen LogP) is 2.90. The maximum Gasteiger partial charge on any atom is 0.0813 e. The van der Waals surface area contributed by atoms with Crippen LogP contribution in [0.4, 0.5) is 11.4 Å². The summed E-state index contributed by atoms with van der Waals surface area (Å²) < 4.78 is 0. The summed E-state index contributed by atoms with van der Waals surface area (Å²) in [6.07, 6.45) is 5.33. The SMILES string of the molecule is CN(C)c1ccc(C=Nc2cccnc2)cc1. The maximum atomic E-state index is 4.35. The molecule has 1 aromatic heterocycles. The van der Waals surface area contributed by atoms with Crippen LogP contribution in [0.1, 0.15) is 5.56 Å². The van der Waals surface area contributed by atoms with Gasteiger partial charge in [-0.3, -0.25) is 9.98 Å². The minimum atomic E-state index is 0.865. The molecule has 2 rings (SSSR count). The van der Waals surface area contributed by atoms with Crippen LogP contribution in [0.25, 0.3) is 0 Å². The summed E-state index contributed by atoms with van der Waals surface area (Å²) in [7, 11) is 4.05. The quantitative estimate of drug-likeness (QED) is 0.751. The molecule has 0 spiro atoms. The molecule has 0 saturated heterocycles. The van der Waals surface area contributed by atoms with Gasteiger partial charge in [-0.25, -0.2) is 0 Å². The van der Waals surface area contributed by atoms with Crippen LogP contribution in [-0.4, -0.2) is 25.3 Å². The average molecular weight is 225 g/mol. The van der Waals surface area contributed by atoms with Crippen LogP contribution in [0.5, 0.6) is 0 Å². The van der Waals surface area contributed by atoms with Gasteiger partial charge < -0.3 is 4.90 Å². The van der Waals surface area contributed by atoms with Crippen molar-refractivity contribution in [2.45, 2.75) is 0 Å². The monoisotopic (exact) mass is 225 g/mol. The Bertz CT molecular complexity index is 487. The van der Waals surface area contributed by atoms with Crippen LogP contribution in [0.3, 0.4) is 0 Å². The first kappa shape index (κ1) is 11.3. The van der Waals surface area contributed by atoms with Crippen LogP contribution < -0.4 is 4.90 Å². The van der Waals surface area contributed by atoms with Crippen molar-refractivity contribution in [2.24, 2.45) is 4.99 Å². The number of nitrogens with zero attached hydrogens (tertiary/aromatic N) is 3. The molecule has 86 valence electrons. The highest BCUT2D eigenvalue weighted by Crippen LogP contribution is 2.12. The predicted molar refractivity (Wildman–Crippen MR) is 72.3 cm³/mol. The highest BCUT2D eigenvalue weighted by molar-refractivity contribution is 5.82. The molecule has 3 nitrogen and oxygen atoms in total. The third-order valence-corrected chi connectivity index (χ3v) is 2.42. The summed E-state index contributed by atoms with van der Waals surface area (Å²) in [5, 5.41) is 0. The van der Waals surface area contributed by atoms with E-state index in [0.29, 0.717) is 0 Å². The third-order valence-electron chi connectivity index (χ3n) is 2.42. The van der Waals surface area contributed by atoms with Crippen molar-refractivity contribution in [3.63, 3.8) is 0 Å². The van der Waals surface area contributed by atoms with Crippen LogP contribution in [0.2, 0.25) is 0 Å². The van der Waals surface area contributed by atoms with Crippen LogP contribution in [-0.2, 0) is 0 Å². The summed E-state index contributed by atoms with van der Waals surface area (Å²) in [6.45, 7) is 0. The van der Waals surface area contributed by atoms with Crippen molar-refractivity contribution in [1.29, 1.82) is 0 Å². The minimum absolute atomic E-state index is 0.865. The molecule has 17 heavy (non-hydrogen) atoms. The first-order valence-electron chi connectivity index (χ1n) is 5.47. The minimum Gasteiger partial charge on any atom is -0.378 e. The van der Waals surface area contributed by atoms with Gasteiger partial charge in [-0.15, -0.1) is 0 Å². The van der Waals surface area contributed by atoms with Gasteiger partial charge in [-0.05, 0) is 29.8 Å². The van der Waals surface area contributed by atoms with Gasteiger partial charge in [-0.2, -0.15) is 0 Å². The summed E-state index contributed by atoms with van der Waals surface area (Å²) >= 11 is 0. The van der Waals surface area contributed by atoms with Crippen molar-refractivity contribution < 1.29 is 0 Å². The lowest BCUT2D eigenvalue weighted by atomic mass is 10.2. The van der Waals surface area contributed by atoms with E-state index < -0.39 is 0 Å². The average Bonchev–Trinajstić information content (AvgIpc) is 2.38. The molecule has 0 aliphatic rings. The van der Waals surface area contributed by atoms with Gasteiger partial charge in [0, 0.05) is 32.2 Å². The Hall–Kier alpha value is -2.16. The Kier molecular flexibility index (Phi) is 3.50. The molecule has 0 N–H and O–H groups in total. The molecule has 1 heterocycles. The first-order chi connectivity index (χ1) is 8.25. The van der Waals surface area contributed by atoms with Gasteiger partial charge in [-0.1, -0.05) is 12.1 Å². The van der Waals surface area contributed by atoms with Gasteiger partial charge >= 0.3 is 0 Å². The van der Waals surface area contributed by atoms with E-state index in [2.05, 4.69) is 39.1 Å². The molecular formula is C14H15N3. The van der Waals surface area contributed by atoms with Crippen LogP contribution >= 0.6 is 0 Å². The Labute approximate surface area is 101 Å². The Morgan fingerprint density at radius 2 is 1.88 bits per heavy atom. The molecular weight excluding hydrogens is 210 g/mol. The maximum absolute atomic E-state index is 4.35. The van der Waals surface area contributed by atoms with E-state index in [9.17, 15) is 0 Å². The fraction of sp³-hybridized carbons (Fsp3) is 0.143. The molecule has 0 amide bonds. The molecule has 0 aliphatic heterocycles. The lowest BCUT2D eigenvalue weighted by Gasteiger charge is -2.11. The number of pyridine rings is 1. The molecule has 1 aromatic carbocycles. The fourth-order valence-electron chi connectivity index (χ4n) is 1.44. The summed E-state index contributed by atoms with van der Waals surface area (Å²) in [5.74, 6) is 0. The van der Waals surface area contributed by atoms with Gasteiger partial charge in [0.15, 0.2) is 0 Å². The van der Waals surface area contributed by atoms with Crippen LogP contribution in [0.15, 0.2) is 53.8 Å². The van der Waals surface area contributed by atoms with Crippen molar-refractivity contribution in [1.82, 2.24) is 4.98 Å². The molecule has 0 atom stereocenters. The standard InChI is InChI=1S/C14H15N3/c1-17(2)14-7-5-12(6-8-14)10-16-13-4-3-9-15-11-13/h3-11H,1-2H3. The van der Waals surface area contributed by atoms with E-state index in [1.54, 1.807) is 12.4 Å². The Balaban J connectivity index is 2.12. The second kappa shape index (κ2) is 5.25. The van der Waals surface area contributed by atoms with E-state index in [1.165, 1.54) is 5.69 Å². The molecule has 0 radical (unpaired) electrons. The number of rotatable bonds is 3. The molecule has 0 bridgehead atoms. The Morgan fingerprint density at radius 1 is 1.12 bits per heavy atom. The third kappa shape index (κ3) is 3.14. The van der Waals surface area contributed by atoms with Crippen LogP contribution in [0, 0.1) is 0 Å². The van der Waals surface area contributed by atoms with E-state index in [4.69, 9.17) is 0 Å². The van der Waals surface area contributed by atoms with E-state index in [0.717, 1.165) is 11.3 Å². The zero-order valence-corrected chi connectivity index (χ0v) is 10.0. The van der Waals surface area contributed by atoms with Crippen molar-refractivity contribution in [3.8, 4) is 0 Å². The second-order valence-electron chi connectivity index (χ2n) is 3.96. The van der Waals surface area contributed by atoms with E-state index in [-0.39, 0.29) is 0 Å².